The Bertz CT molecular complexity index is 1020. The van der Waals surface area contributed by atoms with Gasteiger partial charge in [-0.05, 0) is 52.5 Å². The van der Waals surface area contributed by atoms with Gasteiger partial charge in [0.25, 0.3) is 5.91 Å². The predicted molar refractivity (Wildman–Crippen MR) is 107 cm³/mol. The third-order valence-electron chi connectivity index (χ3n) is 5.66. The van der Waals surface area contributed by atoms with Crippen LogP contribution in [-0.4, -0.2) is 38.0 Å². The average Bonchev–Trinajstić information content (AvgIpc) is 2.99. The molecule has 27 heavy (non-hydrogen) atoms. The van der Waals surface area contributed by atoms with Gasteiger partial charge in [-0.25, -0.2) is 9.50 Å². The zero-order chi connectivity index (χ0) is 19.1. The molecule has 1 amide bonds. The summed E-state index contributed by atoms with van der Waals surface area (Å²) in [6, 6.07) is 8.65. The van der Waals surface area contributed by atoms with Gasteiger partial charge in [0.1, 0.15) is 0 Å². The minimum absolute atomic E-state index is 0.0689. The first-order valence-corrected chi connectivity index (χ1v) is 9.70. The summed E-state index contributed by atoms with van der Waals surface area (Å²) in [6.45, 7) is 9.00. The molecule has 0 radical (unpaired) electrons. The van der Waals surface area contributed by atoms with Crippen molar-refractivity contribution < 1.29 is 4.79 Å². The van der Waals surface area contributed by atoms with E-state index in [-0.39, 0.29) is 11.9 Å². The highest BCUT2D eigenvalue weighted by molar-refractivity contribution is 5.96. The summed E-state index contributed by atoms with van der Waals surface area (Å²) in [6.07, 6.45) is 5.07. The lowest BCUT2D eigenvalue weighted by Gasteiger charge is -2.33. The van der Waals surface area contributed by atoms with Crippen LogP contribution in [0.15, 0.2) is 30.5 Å². The Balaban J connectivity index is 1.81. The molecule has 0 bridgehead atoms. The number of carbonyl (C=O) groups excluding carboxylic acids is 1. The van der Waals surface area contributed by atoms with Gasteiger partial charge in [0.2, 0.25) is 0 Å². The third kappa shape index (κ3) is 3.01. The summed E-state index contributed by atoms with van der Waals surface area (Å²) in [5, 5.41) is 4.71. The van der Waals surface area contributed by atoms with Gasteiger partial charge < -0.3 is 4.90 Å². The highest BCUT2D eigenvalue weighted by Crippen LogP contribution is 2.29. The van der Waals surface area contributed by atoms with E-state index in [1.54, 1.807) is 6.20 Å². The molecule has 1 aromatic carbocycles. The van der Waals surface area contributed by atoms with E-state index in [4.69, 9.17) is 5.10 Å². The number of aromatic nitrogens is 3. The summed E-state index contributed by atoms with van der Waals surface area (Å²) in [5.41, 5.74) is 6.57. The first-order valence-electron chi connectivity index (χ1n) is 9.70. The lowest BCUT2D eigenvalue weighted by atomic mass is 10.0. The number of hydrogen-bond acceptors (Lipinski definition) is 3. The number of benzene rings is 1. The number of fused-ring (bicyclic) bond motifs is 1. The minimum Gasteiger partial charge on any atom is -0.336 e. The lowest BCUT2D eigenvalue weighted by molar-refractivity contribution is 0.0633. The van der Waals surface area contributed by atoms with Gasteiger partial charge in [-0.2, -0.15) is 5.10 Å². The molecule has 0 saturated carbocycles. The van der Waals surface area contributed by atoms with Crippen molar-refractivity contribution in [1.29, 1.82) is 0 Å². The van der Waals surface area contributed by atoms with Crippen molar-refractivity contribution in [2.75, 3.05) is 6.54 Å². The van der Waals surface area contributed by atoms with Crippen LogP contribution in [0.1, 0.15) is 53.5 Å². The topological polar surface area (TPSA) is 50.5 Å². The Hall–Kier alpha value is -2.69. The van der Waals surface area contributed by atoms with Crippen molar-refractivity contribution in [2.45, 2.75) is 53.0 Å². The normalized spacial score (nSPS) is 17.5. The number of rotatable bonds is 2. The number of aryl methyl sites for hydroxylation is 3. The van der Waals surface area contributed by atoms with Crippen molar-refractivity contribution in [3.05, 3.63) is 53.0 Å². The highest BCUT2D eigenvalue weighted by atomic mass is 16.2. The fraction of sp³-hybridized carbons (Fsp3) is 0.409. The Morgan fingerprint density at radius 1 is 1.19 bits per heavy atom. The Labute approximate surface area is 160 Å². The molecule has 4 rings (SSSR count). The highest BCUT2D eigenvalue weighted by Gasteiger charge is 2.27. The molecular weight excluding hydrogens is 336 g/mol. The molecular formula is C22H26N4O. The number of nitrogens with zero attached hydrogens (tertiary/aromatic N) is 4. The first-order chi connectivity index (χ1) is 13.0. The fourth-order valence-electron chi connectivity index (χ4n) is 4.10. The molecule has 1 atom stereocenters. The van der Waals surface area contributed by atoms with Crippen LogP contribution in [0.5, 0.6) is 0 Å². The van der Waals surface area contributed by atoms with Crippen molar-refractivity contribution in [2.24, 2.45) is 0 Å². The van der Waals surface area contributed by atoms with Gasteiger partial charge in [0, 0.05) is 24.3 Å². The van der Waals surface area contributed by atoms with E-state index < -0.39 is 0 Å². The van der Waals surface area contributed by atoms with Gasteiger partial charge in [-0.1, -0.05) is 29.8 Å². The van der Waals surface area contributed by atoms with E-state index in [2.05, 4.69) is 43.1 Å². The van der Waals surface area contributed by atoms with Crippen LogP contribution in [0.2, 0.25) is 0 Å². The van der Waals surface area contributed by atoms with E-state index in [0.29, 0.717) is 5.56 Å². The van der Waals surface area contributed by atoms with Crippen LogP contribution < -0.4 is 0 Å². The Morgan fingerprint density at radius 2 is 2.00 bits per heavy atom. The SMILES string of the molecule is Cc1cccc(-c2c(C)nn3c(C)c(C(=O)N4CCCCC4C)cnc23)c1. The fourth-order valence-corrected chi connectivity index (χ4v) is 4.10. The standard InChI is InChI=1S/C22H26N4O/c1-14-8-7-10-18(12-14)20-16(3)24-26-17(4)19(13-23-21(20)26)22(27)25-11-6-5-9-15(25)2/h7-8,10,12-13,15H,5-6,9,11H2,1-4H3. The molecule has 1 saturated heterocycles. The molecule has 1 aliphatic heterocycles. The average molecular weight is 362 g/mol. The number of carbonyl (C=O) groups is 1. The van der Waals surface area contributed by atoms with E-state index in [1.807, 2.05) is 23.3 Å². The second kappa shape index (κ2) is 6.80. The molecule has 3 aromatic rings. The van der Waals surface area contributed by atoms with Gasteiger partial charge in [0.05, 0.1) is 17.0 Å². The molecule has 2 aromatic heterocycles. The number of piperidine rings is 1. The summed E-state index contributed by atoms with van der Waals surface area (Å²) in [5.74, 6) is 0.0689. The van der Waals surface area contributed by atoms with Crippen molar-refractivity contribution in [3.8, 4) is 11.1 Å². The van der Waals surface area contributed by atoms with Crippen LogP contribution in [0.3, 0.4) is 0 Å². The van der Waals surface area contributed by atoms with E-state index in [1.165, 1.54) is 12.0 Å². The van der Waals surface area contributed by atoms with Crippen molar-refractivity contribution in [3.63, 3.8) is 0 Å². The van der Waals surface area contributed by atoms with Crippen LogP contribution in [0.25, 0.3) is 16.8 Å². The summed E-state index contributed by atoms with van der Waals surface area (Å²) in [4.78, 5) is 19.8. The lowest BCUT2D eigenvalue weighted by Crippen LogP contribution is -2.42. The molecule has 0 N–H and O–H groups in total. The second-order valence-corrected chi connectivity index (χ2v) is 7.67. The molecule has 140 valence electrons. The van der Waals surface area contributed by atoms with Crippen LogP contribution >= 0.6 is 0 Å². The molecule has 5 heteroatoms. The smallest absolute Gasteiger partial charge is 0.257 e. The van der Waals surface area contributed by atoms with Gasteiger partial charge in [0.15, 0.2) is 5.65 Å². The van der Waals surface area contributed by atoms with Gasteiger partial charge in [-0.15, -0.1) is 0 Å². The Kier molecular flexibility index (Phi) is 4.46. The Morgan fingerprint density at radius 3 is 2.74 bits per heavy atom. The summed E-state index contributed by atoms with van der Waals surface area (Å²) < 4.78 is 1.83. The molecule has 0 spiro atoms. The molecule has 1 aliphatic rings. The molecule has 3 heterocycles. The van der Waals surface area contributed by atoms with Crippen LogP contribution in [-0.2, 0) is 0 Å². The predicted octanol–water partition coefficient (Wildman–Crippen LogP) is 4.34. The number of hydrogen-bond donors (Lipinski definition) is 0. The molecule has 1 fully saturated rings. The van der Waals surface area contributed by atoms with E-state index in [0.717, 1.165) is 47.5 Å². The van der Waals surface area contributed by atoms with Crippen molar-refractivity contribution in [1.82, 2.24) is 19.5 Å². The van der Waals surface area contributed by atoms with E-state index in [9.17, 15) is 4.79 Å². The number of likely N-dealkylation sites (tertiary alicyclic amines) is 1. The van der Waals surface area contributed by atoms with Crippen molar-refractivity contribution >= 4 is 11.6 Å². The monoisotopic (exact) mass is 362 g/mol. The maximum atomic E-state index is 13.1. The van der Waals surface area contributed by atoms with E-state index >= 15 is 0 Å². The minimum atomic E-state index is 0.0689. The molecule has 0 aliphatic carbocycles. The summed E-state index contributed by atoms with van der Waals surface area (Å²) >= 11 is 0. The van der Waals surface area contributed by atoms with Crippen LogP contribution in [0.4, 0.5) is 0 Å². The van der Waals surface area contributed by atoms with Crippen LogP contribution in [0, 0.1) is 20.8 Å². The third-order valence-corrected chi connectivity index (χ3v) is 5.66. The summed E-state index contributed by atoms with van der Waals surface area (Å²) in [7, 11) is 0. The van der Waals surface area contributed by atoms with Gasteiger partial charge >= 0.3 is 0 Å². The number of amides is 1. The maximum absolute atomic E-state index is 13.1. The second-order valence-electron chi connectivity index (χ2n) is 7.67. The largest absolute Gasteiger partial charge is 0.336 e. The van der Waals surface area contributed by atoms with Gasteiger partial charge in [-0.3, -0.25) is 4.79 Å². The zero-order valence-corrected chi connectivity index (χ0v) is 16.5. The first kappa shape index (κ1) is 17.7. The zero-order valence-electron chi connectivity index (χ0n) is 16.5. The molecule has 1 unspecified atom stereocenters. The maximum Gasteiger partial charge on any atom is 0.257 e. The molecule has 5 nitrogen and oxygen atoms in total. The quantitative estimate of drug-likeness (QED) is 0.681.